The number of carbonyl (C=O) groups excluding carboxylic acids is 2. The summed E-state index contributed by atoms with van der Waals surface area (Å²) in [7, 11) is 0. The second kappa shape index (κ2) is 6.56. The van der Waals surface area contributed by atoms with Crippen LogP contribution in [0.2, 0.25) is 0 Å². The molecular formula is C17H22FN3O2. The molecule has 2 aliphatic heterocycles. The van der Waals surface area contributed by atoms with Crippen LogP contribution < -0.4 is 10.2 Å². The third kappa shape index (κ3) is 3.46. The number of hydrogen-bond donors (Lipinski definition) is 1. The summed E-state index contributed by atoms with van der Waals surface area (Å²) in [5.41, 5.74) is 0.666. The van der Waals surface area contributed by atoms with Crippen LogP contribution in [0.1, 0.15) is 32.6 Å². The van der Waals surface area contributed by atoms with Gasteiger partial charge in [0.2, 0.25) is 5.91 Å². The van der Waals surface area contributed by atoms with Crippen molar-refractivity contribution in [3.63, 3.8) is 0 Å². The van der Waals surface area contributed by atoms with Gasteiger partial charge in [0.1, 0.15) is 5.82 Å². The number of likely N-dealkylation sites (tertiary alicyclic amines) is 1. The highest BCUT2D eigenvalue weighted by atomic mass is 19.1. The van der Waals surface area contributed by atoms with Gasteiger partial charge in [-0.2, -0.15) is 0 Å². The van der Waals surface area contributed by atoms with Crippen molar-refractivity contribution in [3.05, 3.63) is 30.1 Å². The van der Waals surface area contributed by atoms with Crippen molar-refractivity contribution in [2.75, 3.05) is 18.0 Å². The van der Waals surface area contributed by atoms with Gasteiger partial charge >= 0.3 is 6.03 Å². The van der Waals surface area contributed by atoms with E-state index in [-0.39, 0.29) is 36.3 Å². The lowest BCUT2D eigenvalue weighted by atomic mass is 10.0. The SMILES string of the molecule is C[C@@H]1CCCCN1C(=O)N[C@H]1CC(=O)N(c2ccc(F)cc2)C1. The Kier molecular flexibility index (Phi) is 4.50. The Hall–Kier alpha value is -2.11. The van der Waals surface area contributed by atoms with Crippen LogP contribution in [-0.2, 0) is 4.79 Å². The average molecular weight is 319 g/mol. The van der Waals surface area contributed by atoms with Gasteiger partial charge in [-0.05, 0) is 50.5 Å². The van der Waals surface area contributed by atoms with Crippen LogP contribution in [0.15, 0.2) is 24.3 Å². The number of nitrogens with zero attached hydrogens (tertiary/aromatic N) is 2. The molecule has 2 heterocycles. The lowest BCUT2D eigenvalue weighted by Crippen LogP contribution is -2.50. The normalized spacial score (nSPS) is 24.9. The lowest BCUT2D eigenvalue weighted by Gasteiger charge is -2.34. The minimum Gasteiger partial charge on any atom is -0.333 e. The molecule has 0 saturated carbocycles. The molecule has 1 aromatic rings. The topological polar surface area (TPSA) is 52.7 Å². The highest BCUT2D eigenvalue weighted by molar-refractivity contribution is 5.96. The van der Waals surface area contributed by atoms with Gasteiger partial charge in [-0.1, -0.05) is 0 Å². The van der Waals surface area contributed by atoms with Gasteiger partial charge < -0.3 is 15.1 Å². The highest BCUT2D eigenvalue weighted by Gasteiger charge is 2.33. The molecule has 0 aromatic heterocycles. The van der Waals surface area contributed by atoms with Gasteiger partial charge in [0.25, 0.3) is 0 Å². The van der Waals surface area contributed by atoms with Gasteiger partial charge in [0, 0.05) is 31.2 Å². The molecule has 2 aliphatic rings. The maximum Gasteiger partial charge on any atom is 0.317 e. The molecular weight excluding hydrogens is 297 g/mol. The molecule has 1 aromatic carbocycles. The van der Waals surface area contributed by atoms with Crippen LogP contribution in [0.4, 0.5) is 14.9 Å². The van der Waals surface area contributed by atoms with Crippen LogP contribution in [0.3, 0.4) is 0 Å². The summed E-state index contributed by atoms with van der Waals surface area (Å²) in [4.78, 5) is 28.0. The number of piperidine rings is 1. The quantitative estimate of drug-likeness (QED) is 0.910. The lowest BCUT2D eigenvalue weighted by molar-refractivity contribution is -0.117. The smallest absolute Gasteiger partial charge is 0.317 e. The minimum atomic E-state index is -0.329. The van der Waals surface area contributed by atoms with E-state index in [0.717, 1.165) is 25.8 Å². The number of anilines is 1. The van der Waals surface area contributed by atoms with E-state index < -0.39 is 0 Å². The number of carbonyl (C=O) groups is 2. The van der Waals surface area contributed by atoms with Crippen molar-refractivity contribution in [1.82, 2.24) is 10.2 Å². The van der Waals surface area contributed by atoms with Gasteiger partial charge in [-0.25, -0.2) is 9.18 Å². The summed E-state index contributed by atoms with van der Waals surface area (Å²) in [6, 6.07) is 5.81. The van der Waals surface area contributed by atoms with Gasteiger partial charge in [-0.3, -0.25) is 4.79 Å². The number of halogens is 1. The second-order valence-electron chi connectivity index (χ2n) is 6.37. The summed E-state index contributed by atoms with van der Waals surface area (Å²) in [5, 5.41) is 2.97. The molecule has 124 valence electrons. The van der Waals surface area contributed by atoms with Crippen LogP contribution >= 0.6 is 0 Å². The van der Waals surface area contributed by atoms with Crippen molar-refractivity contribution in [2.24, 2.45) is 0 Å². The Morgan fingerprint density at radius 3 is 2.70 bits per heavy atom. The fourth-order valence-electron chi connectivity index (χ4n) is 3.33. The maximum absolute atomic E-state index is 13.0. The Bertz CT molecular complexity index is 590. The summed E-state index contributed by atoms with van der Waals surface area (Å²) in [5.74, 6) is -0.377. The van der Waals surface area contributed by atoms with Crippen LogP contribution in [0.5, 0.6) is 0 Å². The summed E-state index contributed by atoms with van der Waals surface area (Å²) in [6.45, 7) is 3.26. The first kappa shape index (κ1) is 15.8. The fraction of sp³-hybridized carbons (Fsp3) is 0.529. The zero-order chi connectivity index (χ0) is 16.4. The maximum atomic E-state index is 13.0. The Labute approximate surface area is 135 Å². The second-order valence-corrected chi connectivity index (χ2v) is 6.37. The molecule has 2 atom stereocenters. The number of hydrogen-bond acceptors (Lipinski definition) is 2. The predicted octanol–water partition coefficient (Wildman–Crippen LogP) is 2.52. The highest BCUT2D eigenvalue weighted by Crippen LogP contribution is 2.22. The largest absolute Gasteiger partial charge is 0.333 e. The molecule has 0 aliphatic carbocycles. The van der Waals surface area contributed by atoms with E-state index in [1.165, 1.54) is 12.1 Å². The molecule has 3 amide bonds. The van der Waals surface area contributed by atoms with Crippen LogP contribution in [-0.4, -0.2) is 42.0 Å². The zero-order valence-electron chi connectivity index (χ0n) is 13.3. The number of nitrogens with one attached hydrogen (secondary N) is 1. The monoisotopic (exact) mass is 319 g/mol. The van der Waals surface area contributed by atoms with E-state index in [4.69, 9.17) is 0 Å². The van der Waals surface area contributed by atoms with E-state index >= 15 is 0 Å². The van der Waals surface area contributed by atoms with E-state index in [2.05, 4.69) is 12.2 Å². The Morgan fingerprint density at radius 2 is 2.00 bits per heavy atom. The molecule has 0 spiro atoms. The third-order valence-electron chi connectivity index (χ3n) is 4.65. The van der Waals surface area contributed by atoms with Crippen LogP contribution in [0.25, 0.3) is 0 Å². The molecule has 2 saturated heterocycles. The van der Waals surface area contributed by atoms with Crippen molar-refractivity contribution in [2.45, 2.75) is 44.7 Å². The van der Waals surface area contributed by atoms with Gasteiger partial charge in [0.05, 0.1) is 6.04 Å². The summed E-state index contributed by atoms with van der Waals surface area (Å²) in [6.07, 6.45) is 3.50. The standard InChI is InChI=1S/C17H22FN3O2/c1-12-4-2-3-9-20(12)17(23)19-14-10-16(22)21(11-14)15-7-5-13(18)6-8-15/h5-8,12,14H,2-4,9-11H2,1H3,(H,19,23)/t12-,14+/m1/s1. The minimum absolute atomic E-state index is 0.0476. The number of rotatable bonds is 2. The first-order chi connectivity index (χ1) is 11.0. The fourth-order valence-corrected chi connectivity index (χ4v) is 3.33. The first-order valence-corrected chi connectivity index (χ1v) is 8.17. The van der Waals surface area contributed by atoms with Gasteiger partial charge in [0.15, 0.2) is 0 Å². The van der Waals surface area contributed by atoms with Gasteiger partial charge in [-0.15, -0.1) is 0 Å². The number of urea groups is 1. The summed E-state index contributed by atoms with van der Waals surface area (Å²) < 4.78 is 13.0. The molecule has 1 N–H and O–H groups in total. The first-order valence-electron chi connectivity index (χ1n) is 8.17. The molecule has 23 heavy (non-hydrogen) atoms. The third-order valence-corrected chi connectivity index (χ3v) is 4.65. The zero-order valence-corrected chi connectivity index (χ0v) is 13.3. The molecule has 2 fully saturated rings. The van der Waals surface area contributed by atoms with Crippen molar-refractivity contribution < 1.29 is 14.0 Å². The number of amides is 3. The Balaban J connectivity index is 1.61. The summed E-state index contributed by atoms with van der Waals surface area (Å²) >= 11 is 0. The van der Waals surface area contributed by atoms with E-state index in [1.807, 2.05) is 4.90 Å². The molecule has 0 radical (unpaired) electrons. The molecule has 5 nitrogen and oxygen atoms in total. The van der Waals surface area contributed by atoms with E-state index in [1.54, 1.807) is 17.0 Å². The van der Waals surface area contributed by atoms with E-state index in [9.17, 15) is 14.0 Å². The molecule has 0 unspecified atom stereocenters. The average Bonchev–Trinajstić information content (AvgIpc) is 2.89. The molecule has 3 rings (SSSR count). The Morgan fingerprint density at radius 1 is 1.26 bits per heavy atom. The van der Waals surface area contributed by atoms with Crippen molar-refractivity contribution >= 4 is 17.6 Å². The van der Waals surface area contributed by atoms with Crippen LogP contribution in [0, 0.1) is 5.82 Å². The van der Waals surface area contributed by atoms with E-state index in [0.29, 0.717) is 12.2 Å². The van der Waals surface area contributed by atoms with Crippen molar-refractivity contribution in [3.8, 4) is 0 Å². The predicted molar refractivity (Wildman–Crippen MR) is 85.7 cm³/mol. The molecule has 6 heteroatoms. The number of benzene rings is 1. The molecule has 0 bridgehead atoms. The van der Waals surface area contributed by atoms with Crippen molar-refractivity contribution in [1.29, 1.82) is 0 Å².